The normalized spacial score (nSPS) is 11.3. The van der Waals surface area contributed by atoms with Crippen LogP contribution in [-0.4, -0.2) is 22.6 Å². The van der Waals surface area contributed by atoms with E-state index in [4.69, 9.17) is 0 Å². The van der Waals surface area contributed by atoms with Crippen LogP contribution in [0.1, 0.15) is 49.0 Å². The van der Waals surface area contributed by atoms with E-state index < -0.39 is 5.91 Å². The van der Waals surface area contributed by atoms with Crippen molar-refractivity contribution in [3.8, 4) is 5.75 Å². The molecular weight excluding hydrogens is 330 g/mol. The van der Waals surface area contributed by atoms with Gasteiger partial charge in [-0.15, -0.1) is 0 Å². The molecule has 0 radical (unpaired) electrons. The van der Waals surface area contributed by atoms with Crippen LogP contribution in [0.5, 0.6) is 5.75 Å². The van der Waals surface area contributed by atoms with Crippen molar-refractivity contribution >= 4 is 23.2 Å². The Bertz CT molecular complexity index is 829. The van der Waals surface area contributed by atoms with Crippen LogP contribution in [0.25, 0.3) is 0 Å². The number of benzene rings is 2. The molecule has 0 aliphatic rings. The minimum Gasteiger partial charge on any atom is -0.507 e. The average molecular weight is 353 g/mol. The molecule has 26 heavy (non-hydrogen) atoms. The number of carbonyl (C=O) groups is 2. The molecule has 6 heteroatoms. The molecule has 0 bridgehead atoms. The average Bonchev–Trinajstić information content (AvgIpc) is 2.60. The number of phenols is 1. The van der Waals surface area contributed by atoms with Crippen LogP contribution in [0.15, 0.2) is 53.6 Å². The first-order valence-corrected chi connectivity index (χ1v) is 8.38. The summed E-state index contributed by atoms with van der Waals surface area (Å²) in [6.07, 6.45) is 0.0491. The van der Waals surface area contributed by atoms with Crippen molar-refractivity contribution in [2.24, 2.45) is 5.10 Å². The zero-order chi connectivity index (χ0) is 19.1. The standard InChI is InChI=1S/C20H23N3O3/c1-13(2)15-8-4-6-10-17(15)21-19(25)12-14(3)22-23-20(26)16-9-5-7-11-18(16)24/h4-11,13,24H,12H2,1-3H3,(H,21,25)(H,23,26). The number of nitrogens with zero attached hydrogens (tertiary/aromatic N) is 1. The summed E-state index contributed by atoms with van der Waals surface area (Å²) in [5.41, 5.74) is 4.76. The number of aromatic hydroxyl groups is 1. The molecule has 0 aliphatic carbocycles. The van der Waals surface area contributed by atoms with Gasteiger partial charge in [0.15, 0.2) is 0 Å². The zero-order valence-electron chi connectivity index (χ0n) is 15.1. The summed E-state index contributed by atoms with van der Waals surface area (Å²) in [5, 5.41) is 16.5. The predicted molar refractivity (Wildman–Crippen MR) is 102 cm³/mol. The lowest BCUT2D eigenvalue weighted by molar-refractivity contribution is -0.115. The van der Waals surface area contributed by atoms with E-state index in [1.165, 1.54) is 12.1 Å². The molecule has 2 rings (SSSR count). The number of hydrogen-bond acceptors (Lipinski definition) is 4. The lowest BCUT2D eigenvalue weighted by Gasteiger charge is -2.13. The van der Waals surface area contributed by atoms with Gasteiger partial charge in [-0.1, -0.05) is 44.2 Å². The molecule has 0 saturated carbocycles. The van der Waals surface area contributed by atoms with Gasteiger partial charge in [-0.25, -0.2) is 5.43 Å². The summed E-state index contributed by atoms with van der Waals surface area (Å²) in [7, 11) is 0. The molecule has 0 heterocycles. The van der Waals surface area contributed by atoms with E-state index in [1.807, 2.05) is 24.3 Å². The summed E-state index contributed by atoms with van der Waals surface area (Å²) in [5.74, 6) is -0.579. The molecule has 0 aliphatic heterocycles. The molecule has 0 unspecified atom stereocenters. The largest absolute Gasteiger partial charge is 0.507 e. The lowest BCUT2D eigenvalue weighted by Crippen LogP contribution is -2.21. The first-order chi connectivity index (χ1) is 12.4. The van der Waals surface area contributed by atoms with E-state index in [9.17, 15) is 14.7 Å². The molecule has 6 nitrogen and oxygen atoms in total. The van der Waals surface area contributed by atoms with E-state index in [-0.39, 0.29) is 23.6 Å². The third kappa shape index (κ3) is 5.17. The Kier molecular flexibility index (Phi) is 6.49. The Hall–Kier alpha value is -3.15. The molecule has 0 fully saturated rings. The maximum absolute atomic E-state index is 12.2. The summed E-state index contributed by atoms with van der Waals surface area (Å²) < 4.78 is 0. The third-order valence-electron chi connectivity index (χ3n) is 3.77. The summed E-state index contributed by atoms with van der Waals surface area (Å²) in [6, 6.07) is 13.8. The van der Waals surface area contributed by atoms with E-state index >= 15 is 0 Å². The maximum atomic E-state index is 12.2. The number of para-hydroxylation sites is 2. The highest BCUT2D eigenvalue weighted by Gasteiger charge is 2.12. The number of anilines is 1. The second kappa shape index (κ2) is 8.80. The van der Waals surface area contributed by atoms with E-state index in [0.717, 1.165) is 11.3 Å². The van der Waals surface area contributed by atoms with Crippen LogP contribution in [0.2, 0.25) is 0 Å². The minimum atomic E-state index is -0.534. The van der Waals surface area contributed by atoms with Crippen LogP contribution in [0.3, 0.4) is 0 Å². The smallest absolute Gasteiger partial charge is 0.275 e. The first kappa shape index (κ1) is 19.2. The maximum Gasteiger partial charge on any atom is 0.275 e. The fourth-order valence-corrected chi connectivity index (χ4v) is 2.45. The van der Waals surface area contributed by atoms with E-state index in [0.29, 0.717) is 11.6 Å². The van der Waals surface area contributed by atoms with Crippen LogP contribution in [0, 0.1) is 0 Å². The van der Waals surface area contributed by atoms with Gasteiger partial charge in [0.25, 0.3) is 5.91 Å². The Morgan fingerprint density at radius 2 is 1.73 bits per heavy atom. The van der Waals surface area contributed by atoms with Gasteiger partial charge in [-0.2, -0.15) is 5.10 Å². The molecule has 136 valence electrons. The van der Waals surface area contributed by atoms with Gasteiger partial charge in [0.05, 0.1) is 12.0 Å². The Morgan fingerprint density at radius 1 is 1.08 bits per heavy atom. The Balaban J connectivity index is 1.96. The van der Waals surface area contributed by atoms with Crippen molar-refractivity contribution in [1.29, 1.82) is 0 Å². The second-order valence-corrected chi connectivity index (χ2v) is 6.27. The second-order valence-electron chi connectivity index (χ2n) is 6.27. The number of rotatable bonds is 6. The van der Waals surface area contributed by atoms with Crippen molar-refractivity contribution in [1.82, 2.24) is 5.43 Å². The number of phenolic OH excluding ortho intramolecular Hbond substituents is 1. The Labute approximate surface area is 152 Å². The predicted octanol–water partition coefficient (Wildman–Crippen LogP) is 3.65. The number of amides is 2. The van der Waals surface area contributed by atoms with Crippen molar-refractivity contribution in [3.05, 3.63) is 59.7 Å². The molecule has 2 aromatic carbocycles. The fourth-order valence-electron chi connectivity index (χ4n) is 2.45. The van der Waals surface area contributed by atoms with Gasteiger partial charge in [-0.3, -0.25) is 9.59 Å². The fraction of sp³-hybridized carbons (Fsp3) is 0.250. The van der Waals surface area contributed by atoms with Crippen molar-refractivity contribution in [3.63, 3.8) is 0 Å². The van der Waals surface area contributed by atoms with Gasteiger partial charge in [0.1, 0.15) is 5.75 Å². The quantitative estimate of drug-likeness (QED) is 0.547. The van der Waals surface area contributed by atoms with Gasteiger partial charge >= 0.3 is 0 Å². The topological polar surface area (TPSA) is 90.8 Å². The van der Waals surface area contributed by atoms with Gasteiger partial charge in [-0.05, 0) is 36.6 Å². The van der Waals surface area contributed by atoms with Gasteiger partial charge < -0.3 is 10.4 Å². The molecule has 0 aromatic heterocycles. The highest BCUT2D eigenvalue weighted by Crippen LogP contribution is 2.23. The molecule has 2 aromatic rings. The van der Waals surface area contributed by atoms with E-state index in [1.54, 1.807) is 19.1 Å². The van der Waals surface area contributed by atoms with Crippen LogP contribution in [-0.2, 0) is 4.79 Å². The molecule has 0 saturated heterocycles. The number of nitrogens with one attached hydrogen (secondary N) is 2. The van der Waals surface area contributed by atoms with E-state index in [2.05, 4.69) is 29.7 Å². The van der Waals surface area contributed by atoms with Crippen LogP contribution >= 0.6 is 0 Å². The highest BCUT2D eigenvalue weighted by molar-refractivity contribution is 6.06. The summed E-state index contributed by atoms with van der Waals surface area (Å²) in [6.45, 7) is 5.78. The van der Waals surface area contributed by atoms with Crippen LogP contribution in [0.4, 0.5) is 5.69 Å². The lowest BCUT2D eigenvalue weighted by atomic mass is 10.0. The molecule has 3 N–H and O–H groups in total. The van der Waals surface area contributed by atoms with Gasteiger partial charge in [0, 0.05) is 11.4 Å². The number of hydrazone groups is 1. The zero-order valence-corrected chi connectivity index (χ0v) is 15.1. The highest BCUT2D eigenvalue weighted by atomic mass is 16.3. The van der Waals surface area contributed by atoms with Crippen molar-refractivity contribution in [2.45, 2.75) is 33.1 Å². The van der Waals surface area contributed by atoms with Crippen molar-refractivity contribution in [2.75, 3.05) is 5.32 Å². The molecule has 0 atom stereocenters. The molecular formula is C20H23N3O3. The minimum absolute atomic E-state index is 0.0491. The first-order valence-electron chi connectivity index (χ1n) is 8.38. The SMILES string of the molecule is CC(CC(=O)Nc1ccccc1C(C)C)=NNC(=O)c1ccccc1O. The number of hydrogen-bond donors (Lipinski definition) is 3. The summed E-state index contributed by atoms with van der Waals surface area (Å²) >= 11 is 0. The monoisotopic (exact) mass is 353 g/mol. The number of carbonyl (C=O) groups excluding carboxylic acids is 2. The van der Waals surface area contributed by atoms with Crippen LogP contribution < -0.4 is 10.7 Å². The molecule has 0 spiro atoms. The third-order valence-corrected chi connectivity index (χ3v) is 3.77. The Morgan fingerprint density at radius 3 is 2.42 bits per heavy atom. The molecule has 2 amide bonds. The van der Waals surface area contributed by atoms with Gasteiger partial charge in [0.2, 0.25) is 5.91 Å². The summed E-state index contributed by atoms with van der Waals surface area (Å²) in [4.78, 5) is 24.2. The van der Waals surface area contributed by atoms with Crippen molar-refractivity contribution < 1.29 is 14.7 Å².